The number of likely N-dealkylation sites (N-methyl/N-ethyl adjacent to an activating group) is 1. The molecule has 6 rings (SSSR count). The molecule has 1 aromatic carbocycles. The van der Waals surface area contributed by atoms with Gasteiger partial charge in [-0.1, -0.05) is 30.4 Å². The highest BCUT2D eigenvalue weighted by atomic mass is 32.1. The van der Waals surface area contributed by atoms with Gasteiger partial charge >= 0.3 is 0 Å². The Bertz CT molecular complexity index is 1370. The predicted octanol–water partition coefficient (Wildman–Crippen LogP) is 4.44. The van der Waals surface area contributed by atoms with Crippen molar-refractivity contribution in [3.05, 3.63) is 87.7 Å². The summed E-state index contributed by atoms with van der Waals surface area (Å²) in [4.78, 5) is 36.8. The van der Waals surface area contributed by atoms with Gasteiger partial charge in [0, 0.05) is 59.9 Å². The smallest absolute Gasteiger partial charge is 0.257 e. The van der Waals surface area contributed by atoms with Crippen molar-refractivity contribution in [3.63, 3.8) is 0 Å². The number of amides is 2. The number of likely N-dealkylation sites (tertiary alicyclic amines) is 1. The lowest BCUT2D eigenvalue weighted by atomic mass is 9.92. The number of nitrogens with one attached hydrogen (secondary N) is 2. The molecular formula is C28H30N6O2S. The lowest BCUT2D eigenvalue weighted by molar-refractivity contribution is -0.127. The quantitative estimate of drug-likeness (QED) is 0.525. The monoisotopic (exact) mass is 514 g/mol. The van der Waals surface area contributed by atoms with E-state index in [1.165, 1.54) is 4.88 Å². The molecule has 3 aliphatic rings. The van der Waals surface area contributed by atoms with Gasteiger partial charge in [-0.05, 0) is 50.1 Å². The lowest BCUT2D eigenvalue weighted by Crippen LogP contribution is -2.32. The van der Waals surface area contributed by atoms with Crippen molar-refractivity contribution in [1.82, 2.24) is 25.0 Å². The Kier molecular flexibility index (Phi) is 6.48. The van der Waals surface area contributed by atoms with E-state index in [0.717, 1.165) is 55.7 Å². The number of aromatic nitrogens is 3. The molecule has 1 fully saturated rings. The number of fused-ring (bicyclic) bond motifs is 1. The Morgan fingerprint density at radius 2 is 2.14 bits per heavy atom. The first kappa shape index (κ1) is 23.8. The number of thiazole rings is 1. The molecule has 4 heterocycles. The number of carbonyl (C=O) groups excluding carboxylic acids is 2. The van der Waals surface area contributed by atoms with Gasteiger partial charge in [0.2, 0.25) is 0 Å². The predicted molar refractivity (Wildman–Crippen MR) is 143 cm³/mol. The Balaban J connectivity index is 1.18. The molecule has 1 unspecified atom stereocenters. The van der Waals surface area contributed by atoms with Crippen LogP contribution in [0.25, 0.3) is 0 Å². The average Bonchev–Trinajstić information content (AvgIpc) is 3.69. The zero-order valence-electron chi connectivity index (χ0n) is 20.8. The molecule has 0 spiro atoms. The van der Waals surface area contributed by atoms with E-state index in [4.69, 9.17) is 0 Å². The van der Waals surface area contributed by atoms with Crippen molar-refractivity contribution in [2.75, 3.05) is 25.5 Å². The summed E-state index contributed by atoms with van der Waals surface area (Å²) in [7, 11) is 2.10. The van der Waals surface area contributed by atoms with Crippen molar-refractivity contribution >= 4 is 28.3 Å². The lowest BCUT2D eigenvalue weighted by Gasteiger charge is -2.27. The highest BCUT2D eigenvalue weighted by Crippen LogP contribution is 2.35. The van der Waals surface area contributed by atoms with Crippen LogP contribution in [0.1, 0.15) is 63.4 Å². The van der Waals surface area contributed by atoms with Crippen LogP contribution in [-0.2, 0) is 17.8 Å². The number of aromatic amines is 1. The van der Waals surface area contributed by atoms with E-state index < -0.39 is 0 Å². The number of benzene rings is 1. The summed E-state index contributed by atoms with van der Waals surface area (Å²) in [6.07, 6.45) is 11.3. The molecule has 0 bridgehead atoms. The fourth-order valence-electron chi connectivity index (χ4n) is 5.47. The van der Waals surface area contributed by atoms with Gasteiger partial charge in [0.15, 0.2) is 5.13 Å². The van der Waals surface area contributed by atoms with Crippen molar-refractivity contribution in [2.45, 2.75) is 44.2 Å². The Morgan fingerprint density at radius 1 is 1.22 bits per heavy atom. The van der Waals surface area contributed by atoms with Gasteiger partial charge < -0.3 is 9.80 Å². The number of carbonyl (C=O) groups is 2. The van der Waals surface area contributed by atoms with E-state index in [2.05, 4.69) is 38.5 Å². The van der Waals surface area contributed by atoms with Gasteiger partial charge in [0.1, 0.15) is 0 Å². The standard InChI is InChI=1S/C28H30N6O2S/c1-33-14-11-23-25(17-33)37-28(30-23)31-26(35)20-7-3-6-19(16-20)24-9-4-13-34(24)27(36)21-8-2-5-18(15-21)22-10-12-29-32-22/h2-3,6-8,10,12,15-16,18,24H,4-5,9,11,13-14,17H2,1H3,(H,29,32)(H,30,31,35)/t18?,24-/m1/s1. The summed E-state index contributed by atoms with van der Waals surface area (Å²) in [6, 6.07) is 9.57. The molecule has 2 aliphatic heterocycles. The number of nitrogens with zero attached hydrogens (tertiary/aromatic N) is 4. The number of allylic oxidation sites excluding steroid dienone is 2. The van der Waals surface area contributed by atoms with Gasteiger partial charge in [-0.15, -0.1) is 11.3 Å². The molecule has 37 heavy (non-hydrogen) atoms. The molecule has 2 N–H and O–H groups in total. The van der Waals surface area contributed by atoms with E-state index >= 15 is 0 Å². The summed E-state index contributed by atoms with van der Waals surface area (Å²) < 4.78 is 0. The van der Waals surface area contributed by atoms with E-state index in [9.17, 15) is 9.59 Å². The van der Waals surface area contributed by atoms with Crippen molar-refractivity contribution < 1.29 is 9.59 Å². The summed E-state index contributed by atoms with van der Waals surface area (Å²) in [6.45, 7) is 2.57. The second kappa shape index (κ2) is 10.1. The normalized spacial score (nSPS) is 21.5. The summed E-state index contributed by atoms with van der Waals surface area (Å²) in [5.41, 5.74) is 4.39. The first-order valence-corrected chi connectivity index (χ1v) is 13.6. The van der Waals surface area contributed by atoms with Gasteiger partial charge in [0.25, 0.3) is 11.8 Å². The van der Waals surface area contributed by atoms with Crippen LogP contribution in [0, 0.1) is 0 Å². The van der Waals surface area contributed by atoms with Crippen LogP contribution < -0.4 is 5.32 Å². The minimum absolute atomic E-state index is 0.0381. The Hall–Kier alpha value is -3.56. The second-order valence-corrected chi connectivity index (χ2v) is 11.1. The maximum Gasteiger partial charge on any atom is 0.257 e. The topological polar surface area (TPSA) is 94.2 Å². The Morgan fingerprint density at radius 3 is 3.00 bits per heavy atom. The van der Waals surface area contributed by atoms with Gasteiger partial charge in [-0.3, -0.25) is 20.0 Å². The van der Waals surface area contributed by atoms with E-state index in [1.54, 1.807) is 17.5 Å². The Labute approximate surface area is 220 Å². The fraction of sp³-hybridized carbons (Fsp3) is 0.357. The molecule has 8 nitrogen and oxygen atoms in total. The third-order valence-corrected chi connectivity index (χ3v) is 8.42. The van der Waals surface area contributed by atoms with Crippen LogP contribution in [0.2, 0.25) is 0 Å². The molecule has 190 valence electrons. The van der Waals surface area contributed by atoms with Crippen molar-refractivity contribution in [3.8, 4) is 0 Å². The molecule has 2 aromatic heterocycles. The maximum atomic E-state index is 13.6. The van der Waals surface area contributed by atoms with E-state index in [1.807, 2.05) is 47.4 Å². The molecule has 0 saturated carbocycles. The second-order valence-electron chi connectivity index (χ2n) is 9.99. The minimum Gasteiger partial charge on any atom is -0.332 e. The molecule has 9 heteroatoms. The highest BCUT2D eigenvalue weighted by molar-refractivity contribution is 7.15. The van der Waals surface area contributed by atoms with Crippen LogP contribution in [-0.4, -0.2) is 56.9 Å². The van der Waals surface area contributed by atoms with Crippen LogP contribution in [0.15, 0.2) is 60.3 Å². The first-order chi connectivity index (χ1) is 18.0. The molecule has 1 saturated heterocycles. The largest absolute Gasteiger partial charge is 0.332 e. The van der Waals surface area contributed by atoms with Crippen LogP contribution in [0.5, 0.6) is 0 Å². The number of H-pyrrole nitrogens is 1. The zero-order valence-corrected chi connectivity index (χ0v) is 21.6. The average molecular weight is 515 g/mol. The summed E-state index contributed by atoms with van der Waals surface area (Å²) >= 11 is 1.55. The van der Waals surface area contributed by atoms with Crippen LogP contribution >= 0.6 is 11.3 Å². The molecule has 1 aliphatic carbocycles. The molecule has 3 aromatic rings. The molecule has 2 amide bonds. The number of rotatable bonds is 5. The van der Waals surface area contributed by atoms with E-state index in [-0.39, 0.29) is 23.8 Å². The number of hydrogen-bond donors (Lipinski definition) is 2. The maximum absolute atomic E-state index is 13.6. The zero-order chi connectivity index (χ0) is 25.4. The number of hydrogen-bond acceptors (Lipinski definition) is 6. The van der Waals surface area contributed by atoms with E-state index in [0.29, 0.717) is 22.8 Å². The van der Waals surface area contributed by atoms with Crippen LogP contribution in [0.3, 0.4) is 0 Å². The van der Waals surface area contributed by atoms with Crippen molar-refractivity contribution in [1.29, 1.82) is 0 Å². The van der Waals surface area contributed by atoms with Crippen molar-refractivity contribution in [2.24, 2.45) is 0 Å². The summed E-state index contributed by atoms with van der Waals surface area (Å²) in [5, 5.41) is 10.7. The SMILES string of the molecule is CN1CCc2nc(NC(=O)c3cccc([C@H]4CCCN4C(=O)C4=CC(c5ccn[nH]5)CC=C4)c3)sc2C1. The summed E-state index contributed by atoms with van der Waals surface area (Å²) in [5.74, 6) is -0.00916. The molecular weight excluding hydrogens is 484 g/mol. The van der Waals surface area contributed by atoms with Gasteiger partial charge in [0.05, 0.1) is 11.7 Å². The van der Waals surface area contributed by atoms with Gasteiger partial charge in [-0.2, -0.15) is 5.10 Å². The third kappa shape index (κ3) is 4.89. The molecule has 0 radical (unpaired) electrons. The number of anilines is 1. The fourth-order valence-corrected chi connectivity index (χ4v) is 6.55. The minimum atomic E-state index is -0.169. The van der Waals surface area contributed by atoms with Gasteiger partial charge in [-0.25, -0.2) is 4.98 Å². The molecule has 2 atom stereocenters. The first-order valence-electron chi connectivity index (χ1n) is 12.8. The van der Waals surface area contributed by atoms with Crippen LogP contribution in [0.4, 0.5) is 5.13 Å². The highest BCUT2D eigenvalue weighted by Gasteiger charge is 2.32. The third-order valence-electron chi connectivity index (χ3n) is 7.43.